The molecule has 1 N–H and O–H groups in total. The number of benzene rings is 2. The van der Waals surface area contributed by atoms with Crippen molar-refractivity contribution in [3.8, 4) is 0 Å². The minimum atomic E-state index is -0.300. The van der Waals surface area contributed by atoms with Crippen molar-refractivity contribution in [2.24, 2.45) is 0 Å². The van der Waals surface area contributed by atoms with E-state index in [-0.39, 0.29) is 22.9 Å². The number of hydrogen-bond acceptors (Lipinski definition) is 5. The minimum Gasteiger partial charge on any atom is -0.338 e. The summed E-state index contributed by atoms with van der Waals surface area (Å²) >= 11 is 0. The number of likely N-dealkylation sites (tertiary alicyclic amines) is 1. The van der Waals surface area contributed by atoms with Gasteiger partial charge in [0.15, 0.2) is 11.2 Å². The molecule has 8 heteroatoms. The first kappa shape index (κ1) is 20.1. The minimum absolute atomic E-state index is 0.0117. The van der Waals surface area contributed by atoms with E-state index in [1.54, 1.807) is 4.68 Å². The Morgan fingerprint density at radius 1 is 1.16 bits per heavy atom. The molecule has 0 spiro atoms. The Hall–Kier alpha value is -3.81. The molecular weight excluding hydrogens is 404 g/mol. The van der Waals surface area contributed by atoms with E-state index in [9.17, 15) is 9.59 Å². The Morgan fingerprint density at radius 2 is 2.00 bits per heavy atom. The molecule has 1 aliphatic heterocycles. The first-order valence-corrected chi connectivity index (χ1v) is 10.8. The Bertz CT molecular complexity index is 1330. The van der Waals surface area contributed by atoms with Gasteiger partial charge in [0.2, 0.25) is 0 Å². The number of H-pyrrole nitrogens is 1. The van der Waals surface area contributed by atoms with Gasteiger partial charge >= 0.3 is 0 Å². The van der Waals surface area contributed by atoms with Crippen LogP contribution in [0.2, 0.25) is 0 Å². The average molecular weight is 428 g/mol. The highest BCUT2D eigenvalue weighted by molar-refractivity contribution is 5.94. The molecule has 3 heterocycles. The highest BCUT2D eigenvalue weighted by Crippen LogP contribution is 2.26. The number of hydrogen-bond donors (Lipinski definition) is 1. The fourth-order valence-corrected chi connectivity index (χ4v) is 4.28. The maximum atomic E-state index is 13.0. The number of carbonyl (C=O) groups excluding carboxylic acids is 1. The third kappa shape index (κ3) is 3.91. The molecule has 0 unspecified atom stereocenters. The molecule has 0 aliphatic carbocycles. The normalized spacial score (nSPS) is 16.4. The van der Waals surface area contributed by atoms with Crippen LogP contribution in [0.5, 0.6) is 0 Å². The fourth-order valence-electron chi connectivity index (χ4n) is 4.28. The highest BCUT2D eigenvalue weighted by Gasteiger charge is 2.28. The lowest BCUT2D eigenvalue weighted by Crippen LogP contribution is -2.40. The SMILES string of the molecule is Cc1cccc(C(=O)N2CCC[C@H](c3nc4c(nnn4Cc4ccccc4)c(=O)[nH]3)C2)c1. The monoisotopic (exact) mass is 428 g/mol. The van der Waals surface area contributed by atoms with E-state index in [1.807, 2.05) is 66.4 Å². The van der Waals surface area contributed by atoms with Gasteiger partial charge in [-0.1, -0.05) is 53.2 Å². The molecule has 1 amide bonds. The number of aromatic amines is 1. The quantitative estimate of drug-likeness (QED) is 0.539. The molecule has 2 aromatic heterocycles. The summed E-state index contributed by atoms with van der Waals surface area (Å²) in [5.74, 6) is 0.549. The second-order valence-electron chi connectivity index (χ2n) is 8.32. The van der Waals surface area contributed by atoms with Crippen molar-refractivity contribution in [1.82, 2.24) is 29.9 Å². The van der Waals surface area contributed by atoms with Gasteiger partial charge in [0, 0.05) is 24.6 Å². The predicted molar refractivity (Wildman–Crippen MR) is 121 cm³/mol. The largest absolute Gasteiger partial charge is 0.338 e. The molecule has 1 fully saturated rings. The molecular formula is C24H24N6O2. The van der Waals surface area contributed by atoms with E-state index in [4.69, 9.17) is 4.98 Å². The van der Waals surface area contributed by atoms with Gasteiger partial charge in [-0.3, -0.25) is 9.59 Å². The Balaban J connectivity index is 1.43. The molecule has 1 atom stereocenters. The van der Waals surface area contributed by atoms with Crippen LogP contribution in [0.1, 0.15) is 46.1 Å². The second kappa shape index (κ2) is 8.37. The van der Waals surface area contributed by atoms with E-state index in [0.29, 0.717) is 36.7 Å². The third-order valence-corrected chi connectivity index (χ3v) is 5.93. The standard InChI is InChI=1S/C24H24N6O2/c1-16-7-5-10-18(13-16)24(32)29-12-6-11-19(15-29)21-25-22-20(23(31)26-21)27-28-30(22)14-17-8-3-2-4-9-17/h2-5,7-10,13,19H,6,11-12,14-15H2,1H3,(H,25,26,31)/t19-/m0/s1. The molecule has 0 bridgehead atoms. The summed E-state index contributed by atoms with van der Waals surface area (Å²) in [7, 11) is 0. The number of nitrogens with zero attached hydrogens (tertiary/aromatic N) is 5. The van der Waals surface area contributed by atoms with Gasteiger partial charge in [0.05, 0.1) is 6.54 Å². The fraction of sp³-hybridized carbons (Fsp3) is 0.292. The van der Waals surface area contributed by atoms with Crippen molar-refractivity contribution in [3.63, 3.8) is 0 Å². The van der Waals surface area contributed by atoms with Crippen LogP contribution in [0.15, 0.2) is 59.4 Å². The Kier molecular flexibility index (Phi) is 5.26. The third-order valence-electron chi connectivity index (χ3n) is 5.93. The molecule has 4 aromatic rings. The van der Waals surface area contributed by atoms with Crippen LogP contribution in [0, 0.1) is 6.92 Å². The number of amides is 1. The first-order valence-electron chi connectivity index (χ1n) is 10.8. The zero-order valence-corrected chi connectivity index (χ0v) is 17.9. The van der Waals surface area contributed by atoms with Gasteiger partial charge in [0.1, 0.15) is 5.82 Å². The summed E-state index contributed by atoms with van der Waals surface area (Å²) in [4.78, 5) is 35.2. The lowest BCUT2D eigenvalue weighted by Gasteiger charge is -2.32. The maximum absolute atomic E-state index is 13.0. The number of aromatic nitrogens is 5. The predicted octanol–water partition coefficient (Wildman–Crippen LogP) is 2.89. The van der Waals surface area contributed by atoms with Crippen LogP contribution in [0.25, 0.3) is 11.2 Å². The Labute approximate surface area is 184 Å². The summed E-state index contributed by atoms with van der Waals surface area (Å²) in [5.41, 5.74) is 3.19. The summed E-state index contributed by atoms with van der Waals surface area (Å²) in [6.07, 6.45) is 1.71. The number of rotatable bonds is 4. The number of nitrogens with one attached hydrogen (secondary N) is 1. The molecule has 0 saturated carbocycles. The zero-order chi connectivity index (χ0) is 22.1. The molecule has 162 valence electrons. The van der Waals surface area contributed by atoms with Crippen LogP contribution in [0.4, 0.5) is 0 Å². The smallest absolute Gasteiger partial charge is 0.281 e. The van der Waals surface area contributed by atoms with Crippen molar-refractivity contribution in [1.29, 1.82) is 0 Å². The summed E-state index contributed by atoms with van der Waals surface area (Å²) < 4.78 is 1.65. The molecule has 32 heavy (non-hydrogen) atoms. The maximum Gasteiger partial charge on any atom is 0.281 e. The van der Waals surface area contributed by atoms with Crippen molar-refractivity contribution >= 4 is 17.1 Å². The van der Waals surface area contributed by atoms with Gasteiger partial charge in [0.25, 0.3) is 11.5 Å². The summed E-state index contributed by atoms with van der Waals surface area (Å²) in [6.45, 7) is 3.67. The molecule has 1 saturated heterocycles. The highest BCUT2D eigenvalue weighted by atomic mass is 16.2. The zero-order valence-electron chi connectivity index (χ0n) is 17.9. The average Bonchev–Trinajstić information content (AvgIpc) is 3.22. The lowest BCUT2D eigenvalue weighted by atomic mass is 9.96. The van der Waals surface area contributed by atoms with E-state index >= 15 is 0 Å². The molecule has 0 radical (unpaired) electrons. The summed E-state index contributed by atoms with van der Waals surface area (Å²) in [6, 6.07) is 17.5. The van der Waals surface area contributed by atoms with Gasteiger partial charge in [-0.15, -0.1) is 5.10 Å². The molecule has 8 nitrogen and oxygen atoms in total. The van der Waals surface area contributed by atoms with Gasteiger partial charge in [-0.25, -0.2) is 9.67 Å². The Morgan fingerprint density at radius 3 is 2.81 bits per heavy atom. The van der Waals surface area contributed by atoms with E-state index in [2.05, 4.69) is 15.3 Å². The van der Waals surface area contributed by atoms with Crippen molar-refractivity contribution in [2.45, 2.75) is 32.2 Å². The van der Waals surface area contributed by atoms with Crippen LogP contribution in [0.3, 0.4) is 0 Å². The van der Waals surface area contributed by atoms with Crippen LogP contribution < -0.4 is 5.56 Å². The van der Waals surface area contributed by atoms with Crippen LogP contribution >= 0.6 is 0 Å². The van der Waals surface area contributed by atoms with Gasteiger partial charge in [-0.05, 0) is 37.5 Å². The van der Waals surface area contributed by atoms with E-state index < -0.39 is 0 Å². The number of fused-ring (bicyclic) bond motifs is 1. The first-order chi connectivity index (χ1) is 15.6. The van der Waals surface area contributed by atoms with Gasteiger partial charge < -0.3 is 9.88 Å². The summed E-state index contributed by atoms with van der Waals surface area (Å²) in [5, 5.41) is 8.18. The van der Waals surface area contributed by atoms with E-state index in [0.717, 1.165) is 24.0 Å². The molecule has 1 aliphatic rings. The number of piperidine rings is 1. The molecule has 2 aromatic carbocycles. The van der Waals surface area contributed by atoms with Crippen LogP contribution in [-0.4, -0.2) is 48.9 Å². The van der Waals surface area contributed by atoms with Crippen molar-refractivity contribution in [3.05, 3.63) is 87.5 Å². The molecule has 5 rings (SSSR count). The lowest BCUT2D eigenvalue weighted by molar-refractivity contribution is 0.0704. The van der Waals surface area contributed by atoms with Crippen LogP contribution in [-0.2, 0) is 6.54 Å². The topological polar surface area (TPSA) is 96.8 Å². The van der Waals surface area contributed by atoms with Crippen molar-refractivity contribution < 1.29 is 4.79 Å². The van der Waals surface area contributed by atoms with Crippen molar-refractivity contribution in [2.75, 3.05) is 13.1 Å². The number of aryl methyl sites for hydroxylation is 1. The second-order valence-corrected chi connectivity index (χ2v) is 8.32. The number of carbonyl (C=O) groups is 1. The van der Waals surface area contributed by atoms with Gasteiger partial charge in [-0.2, -0.15) is 0 Å². The van der Waals surface area contributed by atoms with E-state index in [1.165, 1.54) is 0 Å².